The van der Waals surface area contributed by atoms with E-state index in [0.717, 1.165) is 12.1 Å². The fraction of sp³-hybridized carbons (Fsp3) is 0.222. The average Bonchev–Trinajstić information content (AvgIpc) is 2.55. The number of nitrogens with two attached hydrogens (primary N) is 1. The Morgan fingerprint density at radius 2 is 1.88 bits per heavy atom. The first-order valence-corrected chi connectivity index (χ1v) is 7.56. The van der Waals surface area contributed by atoms with E-state index in [9.17, 15) is 18.4 Å². The van der Waals surface area contributed by atoms with Crippen molar-refractivity contribution in [3.63, 3.8) is 0 Å². The fourth-order valence-electron chi connectivity index (χ4n) is 2.24. The van der Waals surface area contributed by atoms with Gasteiger partial charge in [0, 0.05) is 16.8 Å². The minimum absolute atomic E-state index is 0.0791. The van der Waals surface area contributed by atoms with Gasteiger partial charge < -0.3 is 10.6 Å². The molecule has 0 saturated carbocycles. The molecule has 0 fully saturated rings. The van der Waals surface area contributed by atoms with Crippen LogP contribution in [0.3, 0.4) is 0 Å². The van der Waals surface area contributed by atoms with Gasteiger partial charge in [0.1, 0.15) is 6.04 Å². The quantitative estimate of drug-likeness (QED) is 0.798. The molecule has 0 spiro atoms. The highest BCUT2D eigenvalue weighted by Gasteiger charge is 2.14. The van der Waals surface area contributed by atoms with E-state index in [4.69, 9.17) is 0 Å². The van der Waals surface area contributed by atoms with Gasteiger partial charge in [-0.25, -0.2) is 8.78 Å². The Bertz CT molecular complexity index is 762. The number of Topliss-reactive ketones (excluding diaryl/α,β-unsaturated/α-hetero) is 1. The second-order valence-corrected chi connectivity index (χ2v) is 5.59. The number of rotatable bonds is 6. The van der Waals surface area contributed by atoms with E-state index in [1.165, 1.54) is 13.0 Å². The van der Waals surface area contributed by atoms with Crippen LogP contribution in [0.4, 0.5) is 14.5 Å². The zero-order chi connectivity index (χ0) is 17.7. The van der Waals surface area contributed by atoms with Gasteiger partial charge in [-0.1, -0.05) is 12.1 Å². The summed E-state index contributed by atoms with van der Waals surface area (Å²) in [6.45, 7) is 3.37. The number of carbonyl (C=O) groups excluding carboxylic acids is 2. The van der Waals surface area contributed by atoms with Gasteiger partial charge in [-0.2, -0.15) is 0 Å². The molecule has 2 aromatic carbocycles. The molecule has 0 aliphatic rings. The molecule has 0 saturated heterocycles. The maximum atomic E-state index is 13.2. The number of hydrogen-bond acceptors (Lipinski definition) is 2. The predicted molar refractivity (Wildman–Crippen MR) is 86.6 cm³/mol. The lowest BCUT2D eigenvalue weighted by Crippen LogP contribution is -2.86. The van der Waals surface area contributed by atoms with Crippen molar-refractivity contribution < 1.29 is 23.7 Å². The number of nitrogens with one attached hydrogen (secondary N) is 1. The number of halogens is 2. The Morgan fingerprint density at radius 3 is 2.54 bits per heavy atom. The van der Waals surface area contributed by atoms with Gasteiger partial charge in [0.2, 0.25) is 0 Å². The molecule has 24 heavy (non-hydrogen) atoms. The zero-order valence-electron chi connectivity index (χ0n) is 13.5. The van der Waals surface area contributed by atoms with E-state index in [1.54, 1.807) is 36.5 Å². The Balaban J connectivity index is 1.91. The minimum atomic E-state index is -0.904. The third-order valence-corrected chi connectivity index (χ3v) is 3.68. The van der Waals surface area contributed by atoms with Gasteiger partial charge in [0.05, 0.1) is 0 Å². The van der Waals surface area contributed by atoms with Gasteiger partial charge >= 0.3 is 0 Å². The van der Waals surface area contributed by atoms with Crippen molar-refractivity contribution >= 4 is 17.4 Å². The van der Waals surface area contributed by atoms with E-state index in [1.807, 2.05) is 0 Å². The van der Waals surface area contributed by atoms with Gasteiger partial charge in [-0.05, 0) is 44.2 Å². The monoisotopic (exact) mass is 333 g/mol. The van der Waals surface area contributed by atoms with Crippen LogP contribution < -0.4 is 10.6 Å². The second kappa shape index (κ2) is 7.79. The van der Waals surface area contributed by atoms with Crippen molar-refractivity contribution in [2.24, 2.45) is 0 Å². The summed E-state index contributed by atoms with van der Waals surface area (Å²) >= 11 is 0. The average molecular weight is 333 g/mol. The molecule has 6 heteroatoms. The summed E-state index contributed by atoms with van der Waals surface area (Å²) in [6, 6.07) is 10.2. The van der Waals surface area contributed by atoms with E-state index < -0.39 is 11.6 Å². The molecule has 0 heterocycles. The highest BCUT2D eigenvalue weighted by Crippen LogP contribution is 2.13. The van der Waals surface area contributed by atoms with Crippen LogP contribution in [0.1, 0.15) is 35.8 Å². The summed E-state index contributed by atoms with van der Waals surface area (Å²) < 4.78 is 26.2. The number of quaternary nitrogens is 1. The number of amides is 1. The van der Waals surface area contributed by atoms with Crippen molar-refractivity contribution in [1.29, 1.82) is 0 Å². The van der Waals surface area contributed by atoms with Crippen LogP contribution in [0.2, 0.25) is 0 Å². The number of carbonyl (C=O) groups is 2. The van der Waals surface area contributed by atoms with Crippen LogP contribution in [0.5, 0.6) is 0 Å². The maximum absolute atomic E-state index is 13.2. The molecule has 0 aliphatic heterocycles. The summed E-state index contributed by atoms with van der Waals surface area (Å²) in [4.78, 5) is 23.3. The lowest BCUT2D eigenvalue weighted by molar-refractivity contribution is -0.682. The molecule has 0 aliphatic carbocycles. The molecular formula is C18H19F2N2O2+. The summed E-state index contributed by atoms with van der Waals surface area (Å²) in [6.07, 6.45) is 0. The van der Waals surface area contributed by atoms with Crippen molar-refractivity contribution in [1.82, 2.24) is 0 Å². The van der Waals surface area contributed by atoms with Gasteiger partial charge in [0.25, 0.3) is 5.91 Å². The lowest BCUT2D eigenvalue weighted by atomic mass is 10.1. The maximum Gasteiger partial charge on any atom is 0.279 e. The Morgan fingerprint density at radius 1 is 1.12 bits per heavy atom. The Hall–Kier alpha value is -2.60. The fourth-order valence-corrected chi connectivity index (χ4v) is 2.24. The molecule has 1 amide bonds. The standard InChI is InChI=1S/C18H18F2N2O2/c1-11(13-6-7-16(19)17(20)9-13)21-10-18(24)22-15-5-3-4-14(8-15)12(2)23/h3-9,11,21H,10H2,1-2H3,(H,22,24)/p+1/t11-/m0/s1. The molecule has 3 N–H and O–H groups in total. The summed E-state index contributed by atoms with van der Waals surface area (Å²) in [5.74, 6) is -2.12. The largest absolute Gasteiger partial charge is 0.333 e. The molecule has 0 unspecified atom stereocenters. The van der Waals surface area contributed by atoms with Crippen molar-refractivity contribution in [2.75, 3.05) is 11.9 Å². The number of benzene rings is 2. The third kappa shape index (κ3) is 4.70. The van der Waals surface area contributed by atoms with E-state index in [-0.39, 0.29) is 24.3 Å². The molecule has 126 valence electrons. The minimum Gasteiger partial charge on any atom is -0.333 e. The van der Waals surface area contributed by atoms with E-state index in [2.05, 4.69) is 5.32 Å². The van der Waals surface area contributed by atoms with E-state index in [0.29, 0.717) is 16.8 Å². The van der Waals surface area contributed by atoms with Crippen LogP contribution >= 0.6 is 0 Å². The smallest absolute Gasteiger partial charge is 0.279 e. The third-order valence-electron chi connectivity index (χ3n) is 3.68. The number of anilines is 1. The van der Waals surface area contributed by atoms with Crippen LogP contribution in [0.25, 0.3) is 0 Å². The van der Waals surface area contributed by atoms with Crippen molar-refractivity contribution in [2.45, 2.75) is 19.9 Å². The molecule has 0 bridgehead atoms. The molecule has 4 nitrogen and oxygen atoms in total. The summed E-state index contributed by atoms with van der Waals surface area (Å²) in [5.41, 5.74) is 1.66. The normalized spacial score (nSPS) is 11.8. The lowest BCUT2D eigenvalue weighted by Gasteiger charge is -2.12. The molecule has 1 atom stereocenters. The van der Waals surface area contributed by atoms with Crippen LogP contribution in [-0.2, 0) is 4.79 Å². The second-order valence-electron chi connectivity index (χ2n) is 5.59. The first-order valence-electron chi connectivity index (χ1n) is 7.56. The topological polar surface area (TPSA) is 62.8 Å². The first kappa shape index (κ1) is 17.7. The summed E-state index contributed by atoms with van der Waals surface area (Å²) in [7, 11) is 0. The molecular weight excluding hydrogens is 314 g/mol. The van der Waals surface area contributed by atoms with Gasteiger partial charge in [-0.15, -0.1) is 0 Å². The van der Waals surface area contributed by atoms with Crippen LogP contribution in [-0.4, -0.2) is 18.2 Å². The Labute approximate surface area is 138 Å². The highest BCUT2D eigenvalue weighted by atomic mass is 19.2. The molecule has 0 aromatic heterocycles. The van der Waals surface area contributed by atoms with Crippen LogP contribution in [0, 0.1) is 11.6 Å². The number of hydrogen-bond donors (Lipinski definition) is 2. The zero-order valence-corrected chi connectivity index (χ0v) is 13.5. The molecule has 0 radical (unpaired) electrons. The molecule has 2 rings (SSSR count). The SMILES string of the molecule is CC(=O)c1cccc(NC(=O)C[NH2+][C@@H](C)c2ccc(F)c(F)c2)c1. The van der Waals surface area contributed by atoms with Crippen molar-refractivity contribution in [3.8, 4) is 0 Å². The molecule has 2 aromatic rings. The predicted octanol–water partition coefficient (Wildman–Crippen LogP) is 2.43. The van der Waals surface area contributed by atoms with E-state index >= 15 is 0 Å². The summed E-state index contributed by atoms with van der Waals surface area (Å²) in [5, 5.41) is 4.43. The van der Waals surface area contributed by atoms with Crippen LogP contribution in [0.15, 0.2) is 42.5 Å². The van der Waals surface area contributed by atoms with Crippen molar-refractivity contribution in [3.05, 3.63) is 65.2 Å². The van der Waals surface area contributed by atoms with Gasteiger partial charge in [0.15, 0.2) is 24.0 Å². The first-order chi connectivity index (χ1) is 11.4. The van der Waals surface area contributed by atoms with Gasteiger partial charge in [-0.3, -0.25) is 9.59 Å². The highest BCUT2D eigenvalue weighted by molar-refractivity contribution is 5.97. The number of ketones is 1. The Kier molecular flexibility index (Phi) is 5.76.